The molecule has 0 fully saturated rings. The summed E-state index contributed by atoms with van der Waals surface area (Å²) in [6.07, 6.45) is 8.49. The molecule has 0 saturated heterocycles. The average Bonchev–Trinajstić information content (AvgIpc) is 2.68. The molecular weight excluding hydrogens is 340 g/mol. The fourth-order valence-corrected chi connectivity index (χ4v) is 3.16. The molecule has 1 aromatic carbocycles. The topological polar surface area (TPSA) is 76.1 Å². The smallest absolute Gasteiger partial charge is 0.337 e. The number of carbonyl (C=O) groups is 1. The molecule has 6 heteroatoms. The Bertz CT molecular complexity index is 815. The van der Waals surface area contributed by atoms with Crippen molar-refractivity contribution in [3.8, 4) is 0 Å². The molecule has 0 bridgehead atoms. The first kappa shape index (κ1) is 18.9. The number of nitrogens with zero attached hydrogens (tertiary/aromatic N) is 2. The molecule has 0 unspecified atom stereocenters. The Kier molecular flexibility index (Phi) is 6.41. The van der Waals surface area contributed by atoms with Crippen molar-refractivity contribution < 1.29 is 9.53 Å². The molecule has 142 valence electrons. The Hall–Kier alpha value is -2.89. The summed E-state index contributed by atoms with van der Waals surface area (Å²) in [4.78, 5) is 20.4. The number of methoxy groups -OCH3 is 1. The van der Waals surface area contributed by atoms with Crippen molar-refractivity contribution in [2.45, 2.75) is 39.0 Å². The van der Waals surface area contributed by atoms with Crippen molar-refractivity contribution in [2.24, 2.45) is 0 Å². The van der Waals surface area contributed by atoms with Crippen molar-refractivity contribution in [1.29, 1.82) is 0 Å². The quantitative estimate of drug-likeness (QED) is 0.550. The van der Waals surface area contributed by atoms with E-state index in [-0.39, 0.29) is 5.97 Å². The first-order chi connectivity index (χ1) is 13.1. The van der Waals surface area contributed by atoms with Crippen LogP contribution < -0.4 is 10.6 Å². The number of nitrogens with one attached hydrogen (secondary N) is 2. The van der Waals surface area contributed by atoms with Gasteiger partial charge in [-0.1, -0.05) is 11.6 Å². The number of rotatable bonds is 7. The van der Waals surface area contributed by atoms with Crippen molar-refractivity contribution in [1.82, 2.24) is 9.97 Å². The van der Waals surface area contributed by atoms with Crippen LogP contribution in [0.4, 0.5) is 17.3 Å². The summed E-state index contributed by atoms with van der Waals surface area (Å²) in [6, 6.07) is 8.99. The van der Waals surface area contributed by atoms with E-state index in [0.29, 0.717) is 17.2 Å². The third-order valence-corrected chi connectivity index (χ3v) is 4.55. The number of anilines is 3. The number of benzene rings is 1. The van der Waals surface area contributed by atoms with Crippen LogP contribution >= 0.6 is 0 Å². The second-order valence-corrected chi connectivity index (χ2v) is 6.66. The summed E-state index contributed by atoms with van der Waals surface area (Å²) in [5, 5.41) is 6.65. The van der Waals surface area contributed by atoms with Crippen molar-refractivity contribution >= 4 is 23.3 Å². The number of aromatic nitrogens is 2. The maximum atomic E-state index is 11.5. The minimum Gasteiger partial charge on any atom is -0.465 e. The van der Waals surface area contributed by atoms with Gasteiger partial charge < -0.3 is 15.4 Å². The maximum Gasteiger partial charge on any atom is 0.337 e. The lowest BCUT2D eigenvalue weighted by atomic mass is 9.97. The first-order valence-electron chi connectivity index (χ1n) is 9.37. The summed E-state index contributed by atoms with van der Waals surface area (Å²) >= 11 is 0. The van der Waals surface area contributed by atoms with Gasteiger partial charge in [-0.2, -0.15) is 0 Å². The number of ether oxygens (including phenoxy) is 1. The number of hydrogen-bond acceptors (Lipinski definition) is 6. The summed E-state index contributed by atoms with van der Waals surface area (Å²) in [5.41, 5.74) is 2.91. The molecule has 0 amide bonds. The van der Waals surface area contributed by atoms with Crippen LogP contribution in [0.3, 0.4) is 0 Å². The second kappa shape index (κ2) is 9.16. The Morgan fingerprint density at radius 1 is 1.15 bits per heavy atom. The normalized spacial score (nSPS) is 13.6. The molecule has 2 aromatic rings. The molecule has 0 saturated carbocycles. The predicted octanol–water partition coefficient (Wildman–Crippen LogP) is 4.62. The highest BCUT2D eigenvalue weighted by Crippen LogP contribution is 2.21. The number of allylic oxidation sites excluding steroid dienone is 1. The van der Waals surface area contributed by atoms with Gasteiger partial charge in [0.2, 0.25) is 0 Å². The second-order valence-electron chi connectivity index (χ2n) is 6.66. The highest BCUT2D eigenvalue weighted by Gasteiger charge is 2.07. The lowest BCUT2D eigenvalue weighted by Gasteiger charge is -2.14. The molecule has 1 heterocycles. The molecule has 1 aliphatic carbocycles. The van der Waals surface area contributed by atoms with E-state index in [4.69, 9.17) is 4.74 Å². The van der Waals surface area contributed by atoms with Gasteiger partial charge in [-0.15, -0.1) is 0 Å². The molecular formula is C21H26N4O2. The molecule has 3 rings (SSSR count). The fourth-order valence-electron chi connectivity index (χ4n) is 3.16. The molecule has 2 N–H and O–H groups in total. The van der Waals surface area contributed by atoms with E-state index in [9.17, 15) is 4.79 Å². The highest BCUT2D eigenvalue weighted by atomic mass is 16.5. The molecule has 1 aromatic heterocycles. The van der Waals surface area contributed by atoms with E-state index in [1.807, 2.05) is 25.1 Å². The molecule has 0 spiro atoms. The SMILES string of the molecule is COC(=O)c1ccc(Nc2cc(NCCC3=CCCCC3)nc(C)n2)cc1. The molecule has 6 nitrogen and oxygen atoms in total. The van der Waals surface area contributed by atoms with Gasteiger partial charge in [0.05, 0.1) is 12.7 Å². The van der Waals surface area contributed by atoms with Crippen LogP contribution in [-0.4, -0.2) is 29.6 Å². The zero-order valence-electron chi connectivity index (χ0n) is 15.9. The van der Waals surface area contributed by atoms with E-state index in [1.54, 1.807) is 17.7 Å². The summed E-state index contributed by atoms with van der Waals surface area (Å²) in [5.74, 6) is 1.88. The van der Waals surface area contributed by atoms with Gasteiger partial charge in [0.1, 0.15) is 17.5 Å². The van der Waals surface area contributed by atoms with E-state index >= 15 is 0 Å². The van der Waals surface area contributed by atoms with Crippen LogP contribution in [-0.2, 0) is 4.74 Å². The van der Waals surface area contributed by atoms with Gasteiger partial charge in [0.15, 0.2) is 0 Å². The average molecular weight is 366 g/mol. The molecule has 1 aliphatic rings. The van der Waals surface area contributed by atoms with E-state index in [1.165, 1.54) is 32.8 Å². The number of carbonyl (C=O) groups excluding carboxylic acids is 1. The lowest BCUT2D eigenvalue weighted by Crippen LogP contribution is -2.08. The third kappa shape index (κ3) is 5.54. The Morgan fingerprint density at radius 3 is 2.63 bits per heavy atom. The van der Waals surface area contributed by atoms with Crippen LogP contribution in [0.2, 0.25) is 0 Å². The summed E-state index contributed by atoms with van der Waals surface area (Å²) in [7, 11) is 1.37. The monoisotopic (exact) mass is 366 g/mol. The van der Waals surface area contributed by atoms with Crippen LogP contribution in [0.5, 0.6) is 0 Å². The molecule has 27 heavy (non-hydrogen) atoms. The molecule has 0 atom stereocenters. The minimum atomic E-state index is -0.348. The van der Waals surface area contributed by atoms with Gasteiger partial charge in [0, 0.05) is 18.3 Å². The van der Waals surface area contributed by atoms with E-state index in [2.05, 4.69) is 26.7 Å². The van der Waals surface area contributed by atoms with Crippen LogP contribution in [0, 0.1) is 6.92 Å². The van der Waals surface area contributed by atoms with Gasteiger partial charge in [-0.05, 0) is 63.3 Å². The standard InChI is InChI=1S/C21H26N4O2/c1-15-23-19(22-13-12-16-6-4-3-5-7-16)14-20(24-15)25-18-10-8-17(9-11-18)21(26)27-2/h6,8-11,14H,3-5,7,12-13H2,1-2H3,(H2,22,23,24,25). The van der Waals surface area contributed by atoms with Crippen molar-refractivity contribution in [3.63, 3.8) is 0 Å². The van der Waals surface area contributed by atoms with Gasteiger partial charge in [-0.3, -0.25) is 0 Å². The lowest BCUT2D eigenvalue weighted by molar-refractivity contribution is 0.0601. The maximum absolute atomic E-state index is 11.5. The number of esters is 1. The van der Waals surface area contributed by atoms with Crippen LogP contribution in [0.1, 0.15) is 48.3 Å². The fraction of sp³-hybridized carbons (Fsp3) is 0.381. The zero-order chi connectivity index (χ0) is 19.1. The van der Waals surface area contributed by atoms with Gasteiger partial charge in [-0.25, -0.2) is 14.8 Å². The Labute approximate surface area is 160 Å². The first-order valence-corrected chi connectivity index (χ1v) is 9.37. The predicted molar refractivity (Wildman–Crippen MR) is 107 cm³/mol. The van der Waals surface area contributed by atoms with Gasteiger partial charge >= 0.3 is 5.97 Å². The summed E-state index contributed by atoms with van der Waals surface area (Å²) in [6.45, 7) is 2.75. The van der Waals surface area contributed by atoms with Gasteiger partial charge in [0.25, 0.3) is 0 Å². The van der Waals surface area contributed by atoms with E-state index in [0.717, 1.165) is 24.5 Å². The van der Waals surface area contributed by atoms with Crippen LogP contribution in [0.15, 0.2) is 42.0 Å². The zero-order valence-corrected chi connectivity index (χ0v) is 15.9. The third-order valence-electron chi connectivity index (χ3n) is 4.55. The molecule has 0 aliphatic heterocycles. The largest absolute Gasteiger partial charge is 0.465 e. The minimum absolute atomic E-state index is 0.348. The van der Waals surface area contributed by atoms with E-state index < -0.39 is 0 Å². The summed E-state index contributed by atoms with van der Waals surface area (Å²) < 4.78 is 4.71. The highest BCUT2D eigenvalue weighted by molar-refractivity contribution is 5.89. The number of hydrogen-bond donors (Lipinski definition) is 2. The Balaban J connectivity index is 1.60. The van der Waals surface area contributed by atoms with Crippen molar-refractivity contribution in [3.05, 3.63) is 53.4 Å². The van der Waals surface area contributed by atoms with Crippen LogP contribution in [0.25, 0.3) is 0 Å². The Morgan fingerprint density at radius 2 is 1.93 bits per heavy atom. The van der Waals surface area contributed by atoms with Crippen molar-refractivity contribution in [2.75, 3.05) is 24.3 Å². The number of aryl methyl sites for hydroxylation is 1. The molecule has 0 radical (unpaired) electrons.